The number of hydrogen-bond donors (Lipinski definition) is 1. The van der Waals surface area contributed by atoms with Crippen LogP contribution in [0.1, 0.15) is 21.5 Å². The number of ketones is 1. The molecule has 0 bridgehead atoms. The van der Waals surface area contributed by atoms with Crippen LogP contribution < -0.4 is 4.72 Å². The van der Waals surface area contributed by atoms with Gasteiger partial charge in [0.25, 0.3) is 10.0 Å². The molecular formula is C18H14N4O3S2. The number of azo groups is 1. The molecule has 27 heavy (non-hydrogen) atoms. The van der Waals surface area contributed by atoms with Crippen molar-refractivity contribution in [2.45, 2.75) is 17.9 Å². The maximum Gasteiger partial charge on any atom is 0.263 e. The van der Waals surface area contributed by atoms with Crippen LogP contribution in [0, 0.1) is 0 Å². The van der Waals surface area contributed by atoms with Crippen molar-refractivity contribution in [3.05, 3.63) is 70.7 Å². The Hall–Kier alpha value is -2.91. The van der Waals surface area contributed by atoms with Gasteiger partial charge in [0.2, 0.25) is 0 Å². The van der Waals surface area contributed by atoms with Gasteiger partial charge in [0.15, 0.2) is 10.9 Å². The van der Waals surface area contributed by atoms with E-state index in [9.17, 15) is 13.2 Å². The van der Waals surface area contributed by atoms with Crippen molar-refractivity contribution >= 4 is 38.0 Å². The number of anilines is 1. The quantitative estimate of drug-likeness (QED) is 0.635. The Morgan fingerprint density at radius 2 is 1.96 bits per heavy atom. The van der Waals surface area contributed by atoms with Crippen LogP contribution in [0.2, 0.25) is 0 Å². The Labute approximate surface area is 159 Å². The third-order valence-corrected chi connectivity index (χ3v) is 6.25. The van der Waals surface area contributed by atoms with Crippen LogP contribution in [0.5, 0.6) is 0 Å². The molecule has 3 aromatic rings. The van der Waals surface area contributed by atoms with Gasteiger partial charge in [-0.2, -0.15) is 10.2 Å². The molecule has 2 aromatic carbocycles. The maximum atomic E-state index is 12.5. The predicted molar refractivity (Wildman–Crippen MR) is 102 cm³/mol. The molecule has 4 rings (SSSR count). The van der Waals surface area contributed by atoms with E-state index in [4.69, 9.17) is 0 Å². The first-order chi connectivity index (χ1) is 13.0. The second kappa shape index (κ2) is 7.01. The summed E-state index contributed by atoms with van der Waals surface area (Å²) in [5.41, 5.74) is 3.04. The highest BCUT2D eigenvalue weighted by Gasteiger charge is 2.17. The van der Waals surface area contributed by atoms with E-state index in [0.29, 0.717) is 17.2 Å². The van der Waals surface area contributed by atoms with Gasteiger partial charge < -0.3 is 0 Å². The Kier molecular flexibility index (Phi) is 4.54. The lowest BCUT2D eigenvalue weighted by molar-refractivity contribution is 0.0993. The highest BCUT2D eigenvalue weighted by molar-refractivity contribution is 7.93. The molecule has 0 aliphatic carbocycles. The Balaban J connectivity index is 1.47. The highest BCUT2D eigenvalue weighted by atomic mass is 32.2. The zero-order chi connectivity index (χ0) is 18.9. The fourth-order valence-corrected chi connectivity index (χ4v) is 4.46. The van der Waals surface area contributed by atoms with Gasteiger partial charge in [-0.25, -0.2) is 13.4 Å². The van der Waals surface area contributed by atoms with Gasteiger partial charge in [-0.3, -0.25) is 9.52 Å². The first-order valence-corrected chi connectivity index (χ1v) is 10.4. The van der Waals surface area contributed by atoms with E-state index in [1.54, 1.807) is 29.6 Å². The fourth-order valence-electron chi connectivity index (χ4n) is 2.67. The van der Waals surface area contributed by atoms with E-state index in [1.807, 2.05) is 6.07 Å². The average Bonchev–Trinajstić information content (AvgIpc) is 3.32. The van der Waals surface area contributed by atoms with E-state index in [2.05, 4.69) is 19.9 Å². The van der Waals surface area contributed by atoms with E-state index < -0.39 is 10.0 Å². The van der Waals surface area contributed by atoms with E-state index >= 15 is 0 Å². The van der Waals surface area contributed by atoms with Crippen LogP contribution in [0.4, 0.5) is 10.8 Å². The van der Waals surface area contributed by atoms with Crippen molar-refractivity contribution < 1.29 is 13.2 Å². The number of nitrogens with one attached hydrogen (secondary N) is 1. The second-order valence-corrected chi connectivity index (χ2v) is 8.51. The van der Waals surface area contributed by atoms with Crippen molar-refractivity contribution in [3.63, 3.8) is 0 Å². The normalized spacial score (nSPS) is 12.7. The van der Waals surface area contributed by atoms with E-state index in [1.165, 1.54) is 29.7 Å². The minimum Gasteiger partial charge on any atom is -0.294 e. The minimum atomic E-state index is -3.70. The summed E-state index contributed by atoms with van der Waals surface area (Å²) in [6.45, 7) is 0.550. The summed E-state index contributed by atoms with van der Waals surface area (Å²) in [4.78, 5) is 16.5. The monoisotopic (exact) mass is 398 g/mol. The molecule has 0 fully saturated rings. The average molecular weight is 398 g/mol. The number of fused-ring (bicyclic) bond motifs is 1. The molecule has 0 atom stereocenters. The summed E-state index contributed by atoms with van der Waals surface area (Å²) in [6.07, 6.45) is 1.70. The molecule has 0 saturated heterocycles. The van der Waals surface area contributed by atoms with Gasteiger partial charge >= 0.3 is 0 Å². The molecule has 1 aromatic heterocycles. The first kappa shape index (κ1) is 17.5. The summed E-state index contributed by atoms with van der Waals surface area (Å²) in [7, 11) is -3.70. The Morgan fingerprint density at radius 3 is 2.70 bits per heavy atom. The van der Waals surface area contributed by atoms with Crippen LogP contribution in [0.15, 0.2) is 69.2 Å². The van der Waals surface area contributed by atoms with Gasteiger partial charge in [-0.1, -0.05) is 24.3 Å². The smallest absolute Gasteiger partial charge is 0.263 e. The molecule has 0 saturated carbocycles. The standard InChI is InChI=1S/C18H14N4O3S2/c23-17(13-3-4-14-11-20-21-16(14)10-13)9-12-1-5-15(6-2-12)27(24,25)22-18-19-7-8-26-18/h1-8,10H,9,11H2,(H,19,22). The van der Waals surface area contributed by atoms with Gasteiger partial charge in [-0.05, 0) is 23.8 Å². The summed E-state index contributed by atoms with van der Waals surface area (Å²) in [5, 5.41) is 9.95. The molecule has 1 aliphatic rings. The number of carbonyl (C=O) groups excluding carboxylic acids is 1. The van der Waals surface area contributed by atoms with E-state index in [-0.39, 0.29) is 17.1 Å². The van der Waals surface area contributed by atoms with Crippen LogP contribution in [0.25, 0.3) is 0 Å². The van der Waals surface area contributed by atoms with Crippen molar-refractivity contribution in [3.8, 4) is 0 Å². The lowest BCUT2D eigenvalue weighted by Crippen LogP contribution is -2.13. The lowest BCUT2D eigenvalue weighted by atomic mass is 10.0. The molecular weight excluding hydrogens is 384 g/mol. The summed E-state index contributed by atoms with van der Waals surface area (Å²) >= 11 is 1.20. The van der Waals surface area contributed by atoms with Gasteiger partial charge in [-0.15, -0.1) is 11.3 Å². The number of aromatic nitrogens is 1. The molecule has 9 heteroatoms. The van der Waals surface area contributed by atoms with Gasteiger partial charge in [0.1, 0.15) is 0 Å². The molecule has 0 amide bonds. The molecule has 2 heterocycles. The first-order valence-electron chi connectivity index (χ1n) is 8.06. The number of nitrogens with zero attached hydrogens (tertiary/aromatic N) is 3. The minimum absolute atomic E-state index is 0.0589. The molecule has 0 unspecified atom stereocenters. The molecule has 136 valence electrons. The molecule has 1 N–H and O–H groups in total. The number of carbonyl (C=O) groups is 1. The van der Waals surface area contributed by atoms with Crippen molar-refractivity contribution in [2.75, 3.05) is 4.72 Å². The maximum absolute atomic E-state index is 12.5. The topological polar surface area (TPSA) is 101 Å². The third-order valence-electron chi connectivity index (χ3n) is 4.08. The van der Waals surface area contributed by atoms with Crippen LogP contribution in [-0.2, 0) is 23.0 Å². The summed E-state index contributed by atoms with van der Waals surface area (Å²) in [6, 6.07) is 11.6. The van der Waals surface area contributed by atoms with Crippen molar-refractivity contribution in [2.24, 2.45) is 10.2 Å². The summed E-state index contributed by atoms with van der Waals surface area (Å²) < 4.78 is 27.1. The van der Waals surface area contributed by atoms with Crippen LogP contribution in [0.3, 0.4) is 0 Å². The predicted octanol–water partition coefficient (Wildman–Crippen LogP) is 3.97. The zero-order valence-corrected chi connectivity index (χ0v) is 15.6. The van der Waals surface area contributed by atoms with Crippen LogP contribution in [-0.4, -0.2) is 19.2 Å². The number of hydrogen-bond acceptors (Lipinski definition) is 7. The largest absolute Gasteiger partial charge is 0.294 e. The SMILES string of the molecule is O=C(Cc1ccc(S(=O)(=O)Nc2nccs2)cc1)c1ccc2c(c1)N=NC2. The van der Waals surface area contributed by atoms with Gasteiger partial charge in [0.05, 0.1) is 17.1 Å². The second-order valence-electron chi connectivity index (χ2n) is 5.93. The summed E-state index contributed by atoms with van der Waals surface area (Å²) in [5.74, 6) is -0.0589. The molecule has 0 spiro atoms. The Bertz CT molecular complexity index is 1120. The number of Topliss-reactive ketones (excluding diaryl/α,β-unsaturated/α-hetero) is 1. The number of benzene rings is 2. The number of sulfonamides is 1. The number of rotatable bonds is 6. The molecule has 7 nitrogen and oxygen atoms in total. The molecule has 1 aliphatic heterocycles. The third kappa shape index (κ3) is 3.79. The van der Waals surface area contributed by atoms with Crippen LogP contribution >= 0.6 is 11.3 Å². The Morgan fingerprint density at radius 1 is 1.15 bits per heavy atom. The van der Waals surface area contributed by atoms with E-state index in [0.717, 1.165) is 16.8 Å². The van der Waals surface area contributed by atoms with Crippen molar-refractivity contribution in [1.29, 1.82) is 0 Å². The number of thiazole rings is 1. The van der Waals surface area contributed by atoms with Gasteiger partial charge in [0, 0.05) is 29.1 Å². The highest BCUT2D eigenvalue weighted by Crippen LogP contribution is 2.28. The molecule has 0 radical (unpaired) electrons. The zero-order valence-electron chi connectivity index (χ0n) is 14.0. The lowest BCUT2D eigenvalue weighted by Gasteiger charge is -2.07. The van der Waals surface area contributed by atoms with Crippen molar-refractivity contribution in [1.82, 2.24) is 4.98 Å². The fraction of sp³-hybridized carbons (Fsp3) is 0.111.